The Balaban J connectivity index is 1.59. The van der Waals surface area contributed by atoms with Crippen LogP contribution in [0.3, 0.4) is 0 Å². The molecule has 2 aliphatic heterocycles. The van der Waals surface area contributed by atoms with E-state index >= 15 is 0 Å². The van der Waals surface area contributed by atoms with Crippen molar-refractivity contribution in [3.8, 4) is 5.75 Å². The van der Waals surface area contributed by atoms with Gasteiger partial charge in [-0.2, -0.15) is 0 Å². The van der Waals surface area contributed by atoms with E-state index in [9.17, 15) is 8.42 Å². The maximum absolute atomic E-state index is 12.0. The van der Waals surface area contributed by atoms with Crippen molar-refractivity contribution >= 4 is 16.0 Å². The highest BCUT2D eigenvalue weighted by Crippen LogP contribution is 2.33. The van der Waals surface area contributed by atoms with Crippen LogP contribution in [-0.4, -0.2) is 63.3 Å². The summed E-state index contributed by atoms with van der Waals surface area (Å²) in [5.41, 5.74) is 1.23. The molecule has 1 fully saturated rings. The zero-order valence-corrected chi connectivity index (χ0v) is 17.7. The highest BCUT2D eigenvalue weighted by Gasteiger charge is 2.27. The quantitative estimate of drug-likeness (QED) is 0.555. The van der Waals surface area contributed by atoms with Crippen molar-refractivity contribution in [1.82, 2.24) is 14.9 Å². The van der Waals surface area contributed by atoms with Crippen LogP contribution in [0.1, 0.15) is 44.6 Å². The number of para-hydroxylation sites is 1. The molecular weight excluding hydrogens is 376 g/mol. The summed E-state index contributed by atoms with van der Waals surface area (Å²) in [5, 5.41) is 6.82. The maximum atomic E-state index is 12.0. The van der Waals surface area contributed by atoms with Gasteiger partial charge in [0.2, 0.25) is 10.0 Å². The summed E-state index contributed by atoms with van der Waals surface area (Å²) in [5.74, 6) is 2.30. The molecule has 7 nitrogen and oxygen atoms in total. The lowest BCUT2D eigenvalue weighted by Gasteiger charge is -2.32. The summed E-state index contributed by atoms with van der Waals surface area (Å²) in [6.45, 7) is 7.12. The van der Waals surface area contributed by atoms with Gasteiger partial charge < -0.3 is 15.4 Å². The van der Waals surface area contributed by atoms with Crippen LogP contribution in [0.4, 0.5) is 0 Å². The molecule has 0 spiro atoms. The summed E-state index contributed by atoms with van der Waals surface area (Å²) in [6, 6.07) is 8.43. The second-order valence-corrected chi connectivity index (χ2v) is 9.57. The van der Waals surface area contributed by atoms with Crippen LogP contribution in [0.2, 0.25) is 0 Å². The van der Waals surface area contributed by atoms with Gasteiger partial charge in [-0.15, -0.1) is 0 Å². The molecule has 2 N–H and O–H groups in total. The standard InChI is InChI=1S/C20H32N4O3S/c1-3-21-20(23-17-9-12-24(13-10-17)28(25,26)4-2)22-15-16-11-14-27-19-8-6-5-7-18(16)19/h5-8,16-17H,3-4,9-15H2,1-2H3,(H2,21,22,23). The Bertz CT molecular complexity index is 773. The summed E-state index contributed by atoms with van der Waals surface area (Å²) in [4.78, 5) is 4.82. The van der Waals surface area contributed by atoms with Gasteiger partial charge in [-0.25, -0.2) is 12.7 Å². The minimum atomic E-state index is -3.09. The number of hydrogen-bond acceptors (Lipinski definition) is 4. The van der Waals surface area contributed by atoms with Crippen LogP contribution in [0.15, 0.2) is 29.3 Å². The Kier molecular flexibility index (Phi) is 7.18. The van der Waals surface area contributed by atoms with Crippen LogP contribution in [-0.2, 0) is 10.0 Å². The van der Waals surface area contributed by atoms with Crippen LogP contribution < -0.4 is 15.4 Å². The first-order valence-corrected chi connectivity index (χ1v) is 11.9. The van der Waals surface area contributed by atoms with Crippen LogP contribution in [0.5, 0.6) is 5.75 Å². The van der Waals surface area contributed by atoms with E-state index in [-0.39, 0.29) is 11.8 Å². The minimum Gasteiger partial charge on any atom is -0.493 e. The van der Waals surface area contributed by atoms with Gasteiger partial charge in [-0.05, 0) is 44.7 Å². The Hall–Kier alpha value is -1.80. The number of hydrogen-bond donors (Lipinski definition) is 2. The van der Waals surface area contributed by atoms with Crippen LogP contribution in [0, 0.1) is 0 Å². The fourth-order valence-electron chi connectivity index (χ4n) is 3.78. The van der Waals surface area contributed by atoms with Gasteiger partial charge >= 0.3 is 0 Å². The average molecular weight is 409 g/mol. The van der Waals surface area contributed by atoms with Crippen molar-refractivity contribution in [1.29, 1.82) is 0 Å². The summed E-state index contributed by atoms with van der Waals surface area (Å²) in [6.07, 6.45) is 2.56. The predicted molar refractivity (Wildman–Crippen MR) is 112 cm³/mol. The first kappa shape index (κ1) is 20.9. The zero-order valence-electron chi connectivity index (χ0n) is 16.9. The summed E-state index contributed by atoms with van der Waals surface area (Å²) in [7, 11) is -3.09. The van der Waals surface area contributed by atoms with Crippen molar-refractivity contribution in [2.75, 3.05) is 38.5 Å². The van der Waals surface area contributed by atoms with Gasteiger partial charge in [0, 0.05) is 38.1 Å². The van der Waals surface area contributed by atoms with E-state index in [0.29, 0.717) is 25.6 Å². The highest BCUT2D eigenvalue weighted by molar-refractivity contribution is 7.89. The van der Waals surface area contributed by atoms with E-state index in [1.807, 2.05) is 18.2 Å². The summed E-state index contributed by atoms with van der Waals surface area (Å²) >= 11 is 0. The highest BCUT2D eigenvalue weighted by atomic mass is 32.2. The van der Waals surface area contributed by atoms with E-state index in [1.54, 1.807) is 11.2 Å². The number of rotatable bonds is 6. The van der Waals surface area contributed by atoms with Crippen molar-refractivity contribution in [2.45, 2.75) is 45.1 Å². The summed E-state index contributed by atoms with van der Waals surface area (Å²) < 4.78 is 31.4. The first-order valence-electron chi connectivity index (χ1n) is 10.3. The Labute approximate surface area is 168 Å². The third kappa shape index (κ3) is 5.17. The van der Waals surface area contributed by atoms with Crippen molar-refractivity contribution in [2.24, 2.45) is 4.99 Å². The van der Waals surface area contributed by atoms with Gasteiger partial charge in [-0.1, -0.05) is 18.2 Å². The van der Waals surface area contributed by atoms with E-state index in [0.717, 1.165) is 44.1 Å². The molecule has 1 aromatic rings. The molecule has 156 valence electrons. The predicted octanol–water partition coefficient (Wildman–Crippen LogP) is 1.92. The third-order valence-corrected chi connectivity index (χ3v) is 7.33. The Morgan fingerprint density at radius 3 is 2.68 bits per heavy atom. The lowest BCUT2D eigenvalue weighted by atomic mass is 9.93. The van der Waals surface area contributed by atoms with Crippen LogP contribution >= 0.6 is 0 Å². The Morgan fingerprint density at radius 1 is 1.21 bits per heavy atom. The monoisotopic (exact) mass is 408 g/mol. The molecular formula is C20H32N4O3S. The number of nitrogens with zero attached hydrogens (tertiary/aromatic N) is 2. The molecule has 0 bridgehead atoms. The van der Waals surface area contributed by atoms with Gasteiger partial charge in [0.15, 0.2) is 5.96 Å². The molecule has 28 heavy (non-hydrogen) atoms. The maximum Gasteiger partial charge on any atom is 0.213 e. The number of aliphatic imine (C=N–C) groups is 1. The molecule has 3 rings (SSSR count). The molecule has 0 aromatic heterocycles. The van der Waals surface area contributed by atoms with E-state index in [1.165, 1.54) is 5.56 Å². The van der Waals surface area contributed by atoms with Gasteiger partial charge in [0.25, 0.3) is 0 Å². The molecule has 0 amide bonds. The fraction of sp³-hybridized carbons (Fsp3) is 0.650. The van der Waals surface area contributed by atoms with Crippen molar-refractivity contribution in [3.63, 3.8) is 0 Å². The normalized spacial score (nSPS) is 21.6. The second-order valence-electron chi connectivity index (χ2n) is 7.31. The molecule has 0 radical (unpaired) electrons. The minimum absolute atomic E-state index is 0.168. The Morgan fingerprint density at radius 2 is 1.96 bits per heavy atom. The molecule has 8 heteroatoms. The van der Waals surface area contributed by atoms with E-state index in [4.69, 9.17) is 9.73 Å². The zero-order chi connectivity index (χ0) is 20.0. The number of nitrogens with one attached hydrogen (secondary N) is 2. The van der Waals surface area contributed by atoms with Crippen LogP contribution in [0.25, 0.3) is 0 Å². The molecule has 1 unspecified atom stereocenters. The van der Waals surface area contributed by atoms with Gasteiger partial charge in [0.1, 0.15) is 5.75 Å². The molecule has 1 atom stereocenters. The molecule has 2 heterocycles. The largest absolute Gasteiger partial charge is 0.493 e. The van der Waals surface area contributed by atoms with Gasteiger partial charge in [-0.3, -0.25) is 4.99 Å². The number of ether oxygens (including phenoxy) is 1. The van der Waals surface area contributed by atoms with Gasteiger partial charge in [0.05, 0.1) is 12.4 Å². The molecule has 2 aliphatic rings. The van der Waals surface area contributed by atoms with Crippen molar-refractivity contribution in [3.05, 3.63) is 29.8 Å². The average Bonchev–Trinajstić information content (AvgIpc) is 2.72. The number of fused-ring (bicyclic) bond motifs is 1. The lowest BCUT2D eigenvalue weighted by molar-refractivity contribution is 0.268. The SMILES string of the molecule is CCNC(=NCC1CCOc2ccccc21)NC1CCN(S(=O)(=O)CC)CC1. The second kappa shape index (κ2) is 9.60. The molecule has 0 saturated carbocycles. The number of piperidine rings is 1. The van der Waals surface area contributed by atoms with E-state index < -0.39 is 10.0 Å². The fourth-order valence-corrected chi connectivity index (χ4v) is 4.91. The molecule has 1 aromatic carbocycles. The third-order valence-electron chi connectivity index (χ3n) is 5.45. The smallest absolute Gasteiger partial charge is 0.213 e. The molecule has 0 aliphatic carbocycles. The van der Waals surface area contributed by atoms with E-state index in [2.05, 4.69) is 23.6 Å². The first-order chi connectivity index (χ1) is 13.5. The van der Waals surface area contributed by atoms with Crippen molar-refractivity contribution < 1.29 is 13.2 Å². The number of guanidine groups is 1. The molecule has 1 saturated heterocycles. The topological polar surface area (TPSA) is 83.0 Å². The number of benzene rings is 1. The number of sulfonamides is 1. The lowest BCUT2D eigenvalue weighted by Crippen LogP contribution is -2.50.